The fourth-order valence-electron chi connectivity index (χ4n) is 1.41. The molecule has 0 atom stereocenters. The molecule has 0 radical (unpaired) electrons. The predicted octanol–water partition coefficient (Wildman–Crippen LogP) is 4.16. The van der Waals surface area contributed by atoms with E-state index in [1.54, 1.807) is 12.4 Å². The van der Waals surface area contributed by atoms with E-state index in [0.29, 0.717) is 5.69 Å². The van der Waals surface area contributed by atoms with Gasteiger partial charge in [0.1, 0.15) is 5.75 Å². The molecule has 3 nitrogen and oxygen atoms in total. The summed E-state index contributed by atoms with van der Waals surface area (Å²) in [5.41, 5.74) is 1.35. The zero-order chi connectivity index (χ0) is 14.6. The van der Waals surface area contributed by atoms with Crippen LogP contribution in [0.1, 0.15) is 5.56 Å². The van der Waals surface area contributed by atoms with Crippen molar-refractivity contribution in [2.45, 2.75) is 6.36 Å². The van der Waals surface area contributed by atoms with E-state index in [9.17, 15) is 13.2 Å². The minimum absolute atomic E-state index is 0.269. The molecule has 1 heterocycles. The Morgan fingerprint density at radius 3 is 2.55 bits per heavy atom. The molecule has 0 aliphatic rings. The molecule has 1 aromatic carbocycles. The van der Waals surface area contributed by atoms with Crippen LogP contribution in [-0.2, 0) is 0 Å². The Balaban J connectivity index is 2.15. The molecule has 0 bridgehead atoms. The third-order valence-corrected chi connectivity index (χ3v) is 2.99. The van der Waals surface area contributed by atoms with Gasteiger partial charge < -0.3 is 4.74 Å². The van der Waals surface area contributed by atoms with Gasteiger partial charge in [-0.15, -0.1) is 13.2 Å². The summed E-state index contributed by atoms with van der Waals surface area (Å²) < 4.78 is 41.4. The molecule has 0 amide bonds. The van der Waals surface area contributed by atoms with Gasteiger partial charge in [0.05, 0.1) is 17.4 Å². The van der Waals surface area contributed by atoms with Crippen molar-refractivity contribution in [3.05, 3.63) is 42.2 Å². The van der Waals surface area contributed by atoms with Crippen molar-refractivity contribution in [1.29, 1.82) is 0 Å². The molecular formula is C12H6F3IN2OS. The van der Waals surface area contributed by atoms with Gasteiger partial charge in [-0.05, 0) is 38.5 Å². The summed E-state index contributed by atoms with van der Waals surface area (Å²) >= 11 is 2.06. The monoisotopic (exact) mass is 410 g/mol. The summed E-state index contributed by atoms with van der Waals surface area (Å²) in [5.74, 6) is 2.61. The number of benzene rings is 1. The van der Waals surface area contributed by atoms with Gasteiger partial charge >= 0.3 is 6.36 Å². The summed E-state index contributed by atoms with van der Waals surface area (Å²) in [6, 6.07) is 5.43. The first-order valence-corrected chi connectivity index (χ1v) is 8.53. The summed E-state index contributed by atoms with van der Waals surface area (Å²) in [6.07, 6.45) is -1.41. The number of nitrogens with zero attached hydrogens (tertiary/aromatic N) is 2. The summed E-state index contributed by atoms with van der Waals surface area (Å²) in [5, 5.41) is 6.90. The van der Waals surface area contributed by atoms with E-state index in [1.807, 2.05) is 0 Å². The Hall–Kier alpha value is -1.34. The molecule has 0 aliphatic heterocycles. The molecule has 20 heavy (non-hydrogen) atoms. The molecule has 104 valence electrons. The lowest BCUT2D eigenvalue weighted by Crippen LogP contribution is -2.17. The lowest BCUT2D eigenvalue weighted by atomic mass is 10.3. The normalized spacial score (nSPS) is 10.8. The van der Waals surface area contributed by atoms with E-state index in [-0.39, 0.29) is 5.75 Å². The van der Waals surface area contributed by atoms with Crippen molar-refractivity contribution in [2.24, 2.45) is 0 Å². The van der Waals surface area contributed by atoms with Crippen LogP contribution in [-0.4, -0.2) is 16.1 Å². The predicted molar refractivity (Wildman–Crippen MR) is 78.7 cm³/mol. The Morgan fingerprint density at radius 1 is 1.25 bits per heavy atom. The lowest BCUT2D eigenvalue weighted by molar-refractivity contribution is -0.274. The highest BCUT2D eigenvalue weighted by atomic mass is 127. The molecule has 2 rings (SSSR count). The second kappa shape index (κ2) is 6.41. The van der Waals surface area contributed by atoms with Gasteiger partial charge in [-0.3, -0.25) is 0 Å². The molecule has 0 unspecified atom stereocenters. The number of aromatic nitrogens is 2. The van der Waals surface area contributed by atoms with Crippen LogP contribution < -0.4 is 4.74 Å². The third-order valence-electron chi connectivity index (χ3n) is 2.15. The number of alkyl halides is 3. The van der Waals surface area contributed by atoms with Gasteiger partial charge in [0.15, 0.2) is 0 Å². The third kappa shape index (κ3) is 4.35. The summed E-state index contributed by atoms with van der Waals surface area (Å²) in [6.45, 7) is 0. The van der Waals surface area contributed by atoms with Crippen LogP contribution in [0.4, 0.5) is 13.2 Å². The van der Waals surface area contributed by atoms with Crippen LogP contribution in [0.2, 0.25) is 0 Å². The van der Waals surface area contributed by atoms with Gasteiger partial charge in [0.2, 0.25) is 0 Å². The SMILES string of the molecule is FC(F)(F)Oc1ccc(-n2cc(C#CSI)cn2)cc1. The van der Waals surface area contributed by atoms with E-state index in [1.165, 1.54) is 37.9 Å². The molecule has 0 fully saturated rings. The van der Waals surface area contributed by atoms with Crippen LogP contribution in [0.5, 0.6) is 5.75 Å². The zero-order valence-corrected chi connectivity index (χ0v) is 12.7. The van der Waals surface area contributed by atoms with Gasteiger partial charge in [0, 0.05) is 27.4 Å². The lowest BCUT2D eigenvalue weighted by Gasteiger charge is -2.09. The number of halogens is 4. The van der Waals surface area contributed by atoms with Gasteiger partial charge in [0.25, 0.3) is 0 Å². The van der Waals surface area contributed by atoms with Crippen LogP contribution in [0.15, 0.2) is 36.7 Å². The quantitative estimate of drug-likeness (QED) is 0.550. The highest BCUT2D eigenvalue weighted by molar-refractivity contribution is 14.2. The fraction of sp³-hybridized carbons (Fsp3) is 0.0833. The van der Waals surface area contributed by atoms with Gasteiger partial charge in [-0.1, -0.05) is 5.92 Å². The molecule has 2 aromatic rings. The van der Waals surface area contributed by atoms with Crippen molar-refractivity contribution in [3.8, 4) is 22.6 Å². The fourth-order valence-corrected chi connectivity index (χ4v) is 1.89. The number of hydrogen-bond acceptors (Lipinski definition) is 3. The van der Waals surface area contributed by atoms with E-state index in [0.717, 1.165) is 5.56 Å². The van der Waals surface area contributed by atoms with E-state index < -0.39 is 6.36 Å². The second-order valence-electron chi connectivity index (χ2n) is 3.52. The molecule has 0 spiro atoms. The van der Waals surface area contributed by atoms with Crippen LogP contribution >= 0.6 is 30.1 Å². The summed E-state index contributed by atoms with van der Waals surface area (Å²) in [7, 11) is 1.36. The Morgan fingerprint density at radius 2 is 1.95 bits per heavy atom. The molecular weight excluding hydrogens is 404 g/mol. The number of hydrogen-bond donors (Lipinski definition) is 0. The summed E-state index contributed by atoms with van der Waals surface area (Å²) in [4.78, 5) is 0. The van der Waals surface area contributed by atoms with Crippen LogP contribution in [0.25, 0.3) is 5.69 Å². The molecule has 0 aliphatic carbocycles. The van der Waals surface area contributed by atoms with Crippen molar-refractivity contribution in [2.75, 3.05) is 0 Å². The Bertz CT molecular complexity index is 643. The number of rotatable bonds is 2. The average Bonchev–Trinajstić information content (AvgIpc) is 2.84. The van der Waals surface area contributed by atoms with E-state index >= 15 is 0 Å². The van der Waals surface area contributed by atoms with Gasteiger partial charge in [-0.2, -0.15) is 5.10 Å². The van der Waals surface area contributed by atoms with Crippen molar-refractivity contribution < 1.29 is 17.9 Å². The Labute approximate surface area is 129 Å². The highest BCUT2D eigenvalue weighted by Gasteiger charge is 2.30. The van der Waals surface area contributed by atoms with E-state index in [2.05, 4.69) is 42.2 Å². The standard InChI is InChI=1S/C12H6F3IN2OS/c13-12(14,15)19-11-3-1-10(2-4-11)18-8-9(7-17-18)5-6-20-16/h1-4,7-8H. The van der Waals surface area contributed by atoms with Crippen LogP contribution in [0, 0.1) is 11.2 Å². The van der Waals surface area contributed by atoms with Crippen molar-refractivity contribution in [1.82, 2.24) is 9.78 Å². The van der Waals surface area contributed by atoms with Crippen molar-refractivity contribution in [3.63, 3.8) is 0 Å². The minimum Gasteiger partial charge on any atom is -0.406 e. The minimum atomic E-state index is -4.69. The van der Waals surface area contributed by atoms with Gasteiger partial charge in [-0.25, -0.2) is 4.68 Å². The molecule has 0 saturated carbocycles. The maximum atomic E-state index is 12.0. The van der Waals surface area contributed by atoms with Crippen molar-refractivity contribution >= 4 is 30.1 Å². The average molecular weight is 410 g/mol. The maximum Gasteiger partial charge on any atom is 0.573 e. The molecule has 1 aromatic heterocycles. The van der Waals surface area contributed by atoms with E-state index in [4.69, 9.17) is 0 Å². The molecule has 8 heteroatoms. The Kier molecular flexibility index (Phi) is 4.82. The highest BCUT2D eigenvalue weighted by Crippen LogP contribution is 2.23. The largest absolute Gasteiger partial charge is 0.573 e. The maximum absolute atomic E-state index is 12.0. The smallest absolute Gasteiger partial charge is 0.406 e. The first-order valence-electron chi connectivity index (χ1n) is 5.17. The number of ether oxygens (including phenoxy) is 1. The topological polar surface area (TPSA) is 27.1 Å². The first-order chi connectivity index (χ1) is 9.48. The molecule has 0 N–H and O–H groups in total. The van der Waals surface area contributed by atoms with Crippen LogP contribution in [0.3, 0.4) is 0 Å². The second-order valence-corrected chi connectivity index (χ2v) is 5.20. The first kappa shape index (κ1) is 15.1. The zero-order valence-electron chi connectivity index (χ0n) is 9.69. The molecule has 0 saturated heterocycles.